The molecule has 5 heteroatoms. The van der Waals surface area contributed by atoms with Gasteiger partial charge >= 0.3 is 0 Å². The van der Waals surface area contributed by atoms with Gasteiger partial charge in [0.15, 0.2) is 5.69 Å². The van der Waals surface area contributed by atoms with Crippen LogP contribution in [0.1, 0.15) is 22.6 Å². The van der Waals surface area contributed by atoms with E-state index >= 15 is 0 Å². The molecular weight excluding hydrogens is 276 g/mol. The summed E-state index contributed by atoms with van der Waals surface area (Å²) in [6.07, 6.45) is 1.06. The summed E-state index contributed by atoms with van der Waals surface area (Å²) in [5, 5.41) is 7.69. The zero-order valence-electron chi connectivity index (χ0n) is 13.1. The van der Waals surface area contributed by atoms with Gasteiger partial charge in [-0.3, -0.25) is 4.79 Å². The Labute approximate surface area is 130 Å². The molecule has 1 amide bonds. The molecule has 116 valence electrons. The van der Waals surface area contributed by atoms with Crippen LogP contribution in [0.4, 0.5) is 0 Å². The molecule has 1 aromatic heterocycles. The highest BCUT2D eigenvalue weighted by Crippen LogP contribution is 2.19. The van der Waals surface area contributed by atoms with Crippen molar-refractivity contribution in [2.24, 2.45) is 5.92 Å². The predicted molar refractivity (Wildman–Crippen MR) is 86.2 cm³/mol. The average molecular weight is 298 g/mol. The Hall–Kier alpha value is -2.14. The van der Waals surface area contributed by atoms with E-state index in [1.807, 2.05) is 60.0 Å². The van der Waals surface area contributed by atoms with E-state index in [2.05, 4.69) is 10.4 Å². The van der Waals surface area contributed by atoms with E-state index in [9.17, 15) is 4.79 Å². The van der Waals surface area contributed by atoms with Crippen molar-refractivity contribution < 1.29 is 4.79 Å². The fourth-order valence-electron chi connectivity index (χ4n) is 3.04. The standard InChI is InChI=1S/C17H22N4O/c1-13-10-16(19-21(13)15-6-4-3-5-7-15)17(22)20-9-8-14(12-20)11-18-2/h3-7,10,14,18H,8-9,11-12H2,1-2H3/t14-/m0/s1. The summed E-state index contributed by atoms with van der Waals surface area (Å²) in [6, 6.07) is 11.8. The van der Waals surface area contributed by atoms with Crippen molar-refractivity contribution in [3.8, 4) is 5.69 Å². The van der Waals surface area contributed by atoms with Gasteiger partial charge in [0, 0.05) is 18.8 Å². The molecule has 1 atom stereocenters. The SMILES string of the molecule is CNC[C@@H]1CCN(C(=O)c2cc(C)n(-c3ccccc3)n2)C1. The second-order valence-electron chi connectivity index (χ2n) is 5.88. The number of aryl methyl sites for hydroxylation is 1. The van der Waals surface area contributed by atoms with E-state index in [1.165, 1.54) is 0 Å². The van der Waals surface area contributed by atoms with Gasteiger partial charge in [0.05, 0.1) is 5.69 Å². The zero-order valence-corrected chi connectivity index (χ0v) is 13.1. The van der Waals surface area contributed by atoms with Crippen LogP contribution in [0.5, 0.6) is 0 Å². The lowest BCUT2D eigenvalue weighted by Crippen LogP contribution is -2.30. The Morgan fingerprint density at radius 1 is 1.36 bits per heavy atom. The molecule has 1 aromatic carbocycles. The Morgan fingerprint density at radius 2 is 2.14 bits per heavy atom. The molecular formula is C17H22N4O. The van der Waals surface area contributed by atoms with Crippen molar-refractivity contribution in [3.05, 3.63) is 47.8 Å². The number of carbonyl (C=O) groups excluding carboxylic acids is 1. The number of benzene rings is 1. The molecule has 1 N–H and O–H groups in total. The van der Waals surface area contributed by atoms with Gasteiger partial charge in [-0.2, -0.15) is 5.10 Å². The first-order chi connectivity index (χ1) is 10.7. The van der Waals surface area contributed by atoms with Crippen LogP contribution in [0.25, 0.3) is 5.69 Å². The third kappa shape index (κ3) is 2.90. The first-order valence-corrected chi connectivity index (χ1v) is 7.75. The van der Waals surface area contributed by atoms with Gasteiger partial charge in [0.25, 0.3) is 5.91 Å². The average Bonchev–Trinajstić information content (AvgIpc) is 3.15. The first-order valence-electron chi connectivity index (χ1n) is 7.75. The highest BCUT2D eigenvalue weighted by Gasteiger charge is 2.28. The lowest BCUT2D eigenvalue weighted by molar-refractivity contribution is 0.0781. The predicted octanol–water partition coefficient (Wildman–Crippen LogP) is 1.86. The van der Waals surface area contributed by atoms with Crippen molar-refractivity contribution in [2.75, 3.05) is 26.7 Å². The molecule has 0 unspecified atom stereocenters. The first kappa shape index (κ1) is 14.8. The molecule has 1 aliphatic rings. The van der Waals surface area contributed by atoms with Gasteiger partial charge in [-0.05, 0) is 51.1 Å². The summed E-state index contributed by atoms with van der Waals surface area (Å²) in [6.45, 7) is 4.57. The summed E-state index contributed by atoms with van der Waals surface area (Å²) in [5.74, 6) is 0.586. The van der Waals surface area contributed by atoms with Crippen molar-refractivity contribution >= 4 is 5.91 Å². The molecule has 2 heterocycles. The van der Waals surface area contributed by atoms with E-state index in [4.69, 9.17) is 0 Å². The third-order valence-corrected chi connectivity index (χ3v) is 4.17. The molecule has 2 aromatic rings. The fraction of sp³-hybridized carbons (Fsp3) is 0.412. The monoisotopic (exact) mass is 298 g/mol. The molecule has 22 heavy (non-hydrogen) atoms. The number of hydrogen-bond donors (Lipinski definition) is 1. The minimum absolute atomic E-state index is 0.0383. The van der Waals surface area contributed by atoms with E-state index in [0.29, 0.717) is 11.6 Å². The third-order valence-electron chi connectivity index (χ3n) is 4.17. The van der Waals surface area contributed by atoms with E-state index in [-0.39, 0.29) is 5.91 Å². The molecule has 0 bridgehead atoms. The number of nitrogens with one attached hydrogen (secondary N) is 1. The molecule has 0 radical (unpaired) electrons. The number of likely N-dealkylation sites (tertiary alicyclic amines) is 1. The quantitative estimate of drug-likeness (QED) is 0.937. The van der Waals surface area contributed by atoms with Crippen molar-refractivity contribution in [1.29, 1.82) is 0 Å². The molecule has 1 aliphatic heterocycles. The maximum atomic E-state index is 12.6. The highest BCUT2D eigenvalue weighted by atomic mass is 16.2. The summed E-state index contributed by atoms with van der Waals surface area (Å²) in [7, 11) is 1.95. The lowest BCUT2D eigenvalue weighted by Gasteiger charge is -2.15. The Morgan fingerprint density at radius 3 is 2.86 bits per heavy atom. The normalized spacial score (nSPS) is 17.9. The fourth-order valence-corrected chi connectivity index (χ4v) is 3.04. The van der Waals surface area contributed by atoms with Crippen molar-refractivity contribution in [3.63, 3.8) is 0 Å². The molecule has 5 nitrogen and oxygen atoms in total. The molecule has 3 rings (SSSR count). The smallest absolute Gasteiger partial charge is 0.274 e. The number of rotatable bonds is 4. The second kappa shape index (κ2) is 6.32. The van der Waals surface area contributed by atoms with Gasteiger partial charge < -0.3 is 10.2 Å². The maximum Gasteiger partial charge on any atom is 0.274 e. The highest BCUT2D eigenvalue weighted by molar-refractivity contribution is 5.92. The minimum atomic E-state index is 0.0383. The topological polar surface area (TPSA) is 50.2 Å². The number of aromatic nitrogens is 2. The number of para-hydroxylation sites is 1. The molecule has 1 saturated heterocycles. The van der Waals surface area contributed by atoms with Crippen molar-refractivity contribution in [1.82, 2.24) is 20.0 Å². The van der Waals surface area contributed by atoms with Crippen LogP contribution >= 0.6 is 0 Å². The van der Waals surface area contributed by atoms with Gasteiger partial charge in [-0.15, -0.1) is 0 Å². The van der Waals surface area contributed by atoms with Gasteiger partial charge in [-0.25, -0.2) is 4.68 Å². The largest absolute Gasteiger partial charge is 0.337 e. The van der Waals surface area contributed by atoms with E-state index < -0.39 is 0 Å². The summed E-state index contributed by atoms with van der Waals surface area (Å²) in [4.78, 5) is 14.5. The Balaban J connectivity index is 1.77. The number of amides is 1. The van der Waals surface area contributed by atoms with Crippen molar-refractivity contribution in [2.45, 2.75) is 13.3 Å². The number of hydrogen-bond acceptors (Lipinski definition) is 3. The summed E-state index contributed by atoms with van der Waals surface area (Å²) >= 11 is 0. The molecule has 0 spiro atoms. The van der Waals surface area contributed by atoms with Crippen LogP contribution in [0.2, 0.25) is 0 Å². The Bertz CT molecular complexity index is 650. The van der Waals surface area contributed by atoms with E-state index in [0.717, 1.165) is 37.4 Å². The van der Waals surface area contributed by atoms with Gasteiger partial charge in [0.1, 0.15) is 0 Å². The molecule has 0 aliphatic carbocycles. The second-order valence-corrected chi connectivity index (χ2v) is 5.88. The maximum absolute atomic E-state index is 12.6. The van der Waals surface area contributed by atoms with Crippen LogP contribution in [0, 0.1) is 12.8 Å². The minimum Gasteiger partial charge on any atom is -0.337 e. The number of nitrogens with zero attached hydrogens (tertiary/aromatic N) is 3. The molecule has 1 fully saturated rings. The van der Waals surface area contributed by atoms with Crippen LogP contribution in [-0.4, -0.2) is 47.3 Å². The van der Waals surface area contributed by atoms with Crippen LogP contribution in [-0.2, 0) is 0 Å². The zero-order chi connectivity index (χ0) is 15.5. The van der Waals surface area contributed by atoms with Crippen LogP contribution < -0.4 is 5.32 Å². The van der Waals surface area contributed by atoms with Crippen LogP contribution in [0.3, 0.4) is 0 Å². The summed E-state index contributed by atoms with van der Waals surface area (Å²) in [5.41, 5.74) is 2.49. The van der Waals surface area contributed by atoms with Gasteiger partial charge in [0.2, 0.25) is 0 Å². The van der Waals surface area contributed by atoms with Crippen LogP contribution in [0.15, 0.2) is 36.4 Å². The Kier molecular flexibility index (Phi) is 4.24. The molecule has 0 saturated carbocycles. The summed E-state index contributed by atoms with van der Waals surface area (Å²) < 4.78 is 1.83. The van der Waals surface area contributed by atoms with E-state index in [1.54, 1.807) is 0 Å². The van der Waals surface area contributed by atoms with Gasteiger partial charge in [-0.1, -0.05) is 18.2 Å². The number of carbonyl (C=O) groups is 1. The lowest BCUT2D eigenvalue weighted by atomic mass is 10.1.